The fourth-order valence-corrected chi connectivity index (χ4v) is 3.25. The molecule has 0 radical (unpaired) electrons. The van der Waals surface area contributed by atoms with Crippen LogP contribution in [0.2, 0.25) is 0 Å². The van der Waals surface area contributed by atoms with E-state index < -0.39 is 6.10 Å². The smallest absolute Gasteiger partial charge is 0.275 e. The van der Waals surface area contributed by atoms with Gasteiger partial charge in [0, 0.05) is 18.0 Å². The summed E-state index contributed by atoms with van der Waals surface area (Å²) in [6.07, 6.45) is 1.91. The van der Waals surface area contributed by atoms with Gasteiger partial charge in [-0.2, -0.15) is 0 Å². The van der Waals surface area contributed by atoms with Gasteiger partial charge in [-0.3, -0.25) is 4.79 Å². The Morgan fingerprint density at radius 3 is 2.95 bits per heavy atom. The van der Waals surface area contributed by atoms with Crippen LogP contribution in [0, 0.1) is 0 Å². The van der Waals surface area contributed by atoms with Crippen LogP contribution >= 0.6 is 11.5 Å². The van der Waals surface area contributed by atoms with Crippen LogP contribution in [-0.2, 0) is 0 Å². The molecule has 1 fully saturated rings. The standard InChI is InChI=1S/C15H17N3O2S/c19-14(11-5-2-1-3-6-11)9-12-7-4-8-18(12)15(20)13-10-21-17-16-13/h1-3,5-6,10,12,14,19H,4,7-9H2. The molecule has 1 aliphatic rings. The molecule has 21 heavy (non-hydrogen) atoms. The number of likely N-dealkylation sites (tertiary alicyclic amines) is 1. The Labute approximate surface area is 127 Å². The lowest BCUT2D eigenvalue weighted by molar-refractivity contribution is 0.0661. The molecule has 0 spiro atoms. The van der Waals surface area contributed by atoms with Gasteiger partial charge in [-0.25, -0.2) is 0 Å². The predicted octanol–water partition coefficient (Wildman–Crippen LogP) is 2.27. The molecule has 110 valence electrons. The zero-order valence-electron chi connectivity index (χ0n) is 11.6. The van der Waals surface area contributed by atoms with Gasteiger partial charge in [-0.1, -0.05) is 34.8 Å². The van der Waals surface area contributed by atoms with Gasteiger partial charge in [0.2, 0.25) is 0 Å². The van der Waals surface area contributed by atoms with E-state index in [-0.39, 0.29) is 11.9 Å². The summed E-state index contributed by atoms with van der Waals surface area (Å²) in [7, 11) is 0. The maximum atomic E-state index is 12.4. The van der Waals surface area contributed by atoms with Gasteiger partial charge in [0.25, 0.3) is 5.91 Å². The van der Waals surface area contributed by atoms with E-state index in [0.717, 1.165) is 24.9 Å². The SMILES string of the molecule is O=C(c1csnn1)N1CCCC1CC(O)c1ccccc1. The number of carbonyl (C=O) groups excluding carboxylic acids is 1. The lowest BCUT2D eigenvalue weighted by Crippen LogP contribution is -2.36. The number of aromatic nitrogens is 2. The van der Waals surface area contributed by atoms with Crippen LogP contribution in [0.4, 0.5) is 0 Å². The molecule has 0 bridgehead atoms. The number of amides is 1. The molecular formula is C15H17N3O2S. The Kier molecular flexibility index (Phi) is 4.26. The Hall–Kier alpha value is -1.79. The van der Waals surface area contributed by atoms with E-state index in [1.54, 1.807) is 5.38 Å². The van der Waals surface area contributed by atoms with Crippen molar-refractivity contribution in [3.8, 4) is 0 Å². The first-order valence-electron chi connectivity index (χ1n) is 7.07. The molecule has 5 nitrogen and oxygen atoms in total. The summed E-state index contributed by atoms with van der Waals surface area (Å²) in [4.78, 5) is 14.2. The van der Waals surface area contributed by atoms with E-state index in [2.05, 4.69) is 9.59 Å². The van der Waals surface area contributed by atoms with E-state index in [4.69, 9.17) is 0 Å². The third kappa shape index (κ3) is 3.11. The first kappa shape index (κ1) is 14.2. The highest BCUT2D eigenvalue weighted by Crippen LogP contribution is 2.28. The maximum Gasteiger partial charge on any atom is 0.275 e. The summed E-state index contributed by atoms with van der Waals surface area (Å²) in [5.74, 6) is -0.0773. The third-order valence-electron chi connectivity index (χ3n) is 3.90. The lowest BCUT2D eigenvalue weighted by Gasteiger charge is -2.26. The summed E-state index contributed by atoms with van der Waals surface area (Å²) in [5.41, 5.74) is 1.30. The average molecular weight is 303 g/mol. The van der Waals surface area contributed by atoms with Crippen LogP contribution in [0.25, 0.3) is 0 Å². The van der Waals surface area contributed by atoms with Crippen LogP contribution < -0.4 is 0 Å². The molecule has 1 aliphatic heterocycles. The van der Waals surface area contributed by atoms with E-state index in [1.165, 1.54) is 11.5 Å². The molecule has 6 heteroatoms. The largest absolute Gasteiger partial charge is 0.388 e. The molecule has 2 heterocycles. The average Bonchev–Trinajstić information content (AvgIpc) is 3.19. The molecule has 1 amide bonds. The number of nitrogens with zero attached hydrogens (tertiary/aromatic N) is 3. The van der Waals surface area contributed by atoms with Crippen molar-refractivity contribution in [2.24, 2.45) is 0 Å². The zero-order valence-corrected chi connectivity index (χ0v) is 12.4. The minimum Gasteiger partial charge on any atom is -0.388 e. The molecule has 1 saturated heterocycles. The van der Waals surface area contributed by atoms with Crippen molar-refractivity contribution in [2.75, 3.05) is 6.54 Å². The monoisotopic (exact) mass is 303 g/mol. The summed E-state index contributed by atoms with van der Waals surface area (Å²) in [6.45, 7) is 0.725. The maximum absolute atomic E-state index is 12.4. The molecule has 2 aromatic rings. The number of rotatable bonds is 4. The van der Waals surface area contributed by atoms with Crippen molar-refractivity contribution in [2.45, 2.75) is 31.4 Å². The van der Waals surface area contributed by atoms with Crippen LogP contribution in [0.15, 0.2) is 35.7 Å². The number of hydrogen-bond donors (Lipinski definition) is 1. The molecule has 1 aromatic heterocycles. The van der Waals surface area contributed by atoms with Crippen LogP contribution in [0.3, 0.4) is 0 Å². The molecule has 0 aliphatic carbocycles. The lowest BCUT2D eigenvalue weighted by atomic mass is 10.0. The van der Waals surface area contributed by atoms with Gasteiger partial charge in [-0.15, -0.1) is 5.10 Å². The van der Waals surface area contributed by atoms with Gasteiger partial charge in [-0.05, 0) is 36.4 Å². The highest BCUT2D eigenvalue weighted by atomic mass is 32.1. The van der Waals surface area contributed by atoms with Crippen molar-refractivity contribution >= 4 is 17.4 Å². The zero-order chi connectivity index (χ0) is 14.7. The van der Waals surface area contributed by atoms with Crippen molar-refractivity contribution in [1.29, 1.82) is 0 Å². The van der Waals surface area contributed by atoms with Crippen molar-refractivity contribution in [3.63, 3.8) is 0 Å². The quantitative estimate of drug-likeness (QED) is 0.941. The first-order chi connectivity index (χ1) is 10.3. The second kappa shape index (κ2) is 6.32. The normalized spacial score (nSPS) is 19.7. The van der Waals surface area contributed by atoms with Gasteiger partial charge in [0.15, 0.2) is 5.69 Å². The first-order valence-corrected chi connectivity index (χ1v) is 7.90. The second-order valence-corrected chi connectivity index (χ2v) is 5.86. The molecule has 2 unspecified atom stereocenters. The summed E-state index contributed by atoms with van der Waals surface area (Å²) in [6, 6.07) is 9.64. The van der Waals surface area contributed by atoms with E-state index in [9.17, 15) is 9.90 Å². The van der Waals surface area contributed by atoms with Crippen molar-refractivity contribution in [3.05, 3.63) is 47.0 Å². The highest BCUT2D eigenvalue weighted by Gasteiger charge is 2.32. The van der Waals surface area contributed by atoms with Gasteiger partial charge >= 0.3 is 0 Å². The summed E-state index contributed by atoms with van der Waals surface area (Å²) >= 11 is 1.18. The summed E-state index contributed by atoms with van der Waals surface area (Å²) in [5, 5.41) is 15.9. The number of benzene rings is 1. The van der Waals surface area contributed by atoms with Gasteiger partial charge < -0.3 is 10.0 Å². The van der Waals surface area contributed by atoms with Gasteiger partial charge in [0.05, 0.1) is 6.10 Å². The molecule has 1 N–H and O–H groups in total. The minimum atomic E-state index is -0.543. The Balaban J connectivity index is 1.68. The summed E-state index contributed by atoms with van der Waals surface area (Å²) < 4.78 is 3.74. The van der Waals surface area contributed by atoms with Crippen molar-refractivity contribution in [1.82, 2.24) is 14.5 Å². The van der Waals surface area contributed by atoms with Gasteiger partial charge in [0.1, 0.15) is 0 Å². The second-order valence-electron chi connectivity index (χ2n) is 5.25. The molecule has 2 atom stereocenters. The Morgan fingerprint density at radius 2 is 2.24 bits per heavy atom. The predicted molar refractivity (Wildman–Crippen MR) is 80.0 cm³/mol. The molecule has 1 aromatic carbocycles. The topological polar surface area (TPSA) is 66.3 Å². The molecule has 0 saturated carbocycles. The molecule has 3 rings (SSSR count). The number of aliphatic hydroxyl groups is 1. The highest BCUT2D eigenvalue weighted by molar-refractivity contribution is 7.03. The molecular weight excluding hydrogens is 286 g/mol. The van der Waals surface area contributed by atoms with Crippen molar-refractivity contribution < 1.29 is 9.90 Å². The Bertz CT molecular complexity index is 588. The van der Waals surface area contributed by atoms with E-state index >= 15 is 0 Å². The number of carbonyl (C=O) groups is 1. The Morgan fingerprint density at radius 1 is 1.43 bits per heavy atom. The fourth-order valence-electron chi connectivity index (χ4n) is 2.82. The van der Waals surface area contributed by atoms with E-state index in [1.807, 2.05) is 35.2 Å². The third-order valence-corrected chi connectivity index (χ3v) is 4.40. The van der Waals surface area contributed by atoms with Crippen LogP contribution in [0.1, 0.15) is 41.4 Å². The fraction of sp³-hybridized carbons (Fsp3) is 0.400. The van der Waals surface area contributed by atoms with Crippen LogP contribution in [0.5, 0.6) is 0 Å². The minimum absolute atomic E-state index is 0.0643. The van der Waals surface area contributed by atoms with Crippen LogP contribution in [-0.4, -0.2) is 38.1 Å². The number of hydrogen-bond acceptors (Lipinski definition) is 5. The van der Waals surface area contributed by atoms with E-state index in [0.29, 0.717) is 12.1 Å². The number of aliphatic hydroxyl groups excluding tert-OH is 1.